The minimum Gasteiger partial charge on any atom is -0.452 e. The number of benzene rings is 1. The molecule has 1 aromatic rings. The maximum Gasteiger partial charge on any atom is 0.428 e. The third-order valence-electron chi connectivity index (χ3n) is 4.42. The molecule has 2 atom stereocenters. The van der Waals surface area contributed by atoms with Crippen LogP contribution in [0.4, 0.5) is 29.7 Å². The molecule has 0 N–H and O–H groups in total. The van der Waals surface area contributed by atoms with E-state index in [9.17, 15) is 31.6 Å². The summed E-state index contributed by atoms with van der Waals surface area (Å²) in [6.45, 7) is -0.331. The van der Waals surface area contributed by atoms with Crippen molar-refractivity contribution in [2.24, 2.45) is 0 Å². The molecule has 158 valence electrons. The van der Waals surface area contributed by atoms with E-state index in [0.29, 0.717) is 11.0 Å². The van der Waals surface area contributed by atoms with Crippen LogP contribution in [-0.4, -0.2) is 62.4 Å². The zero-order valence-corrected chi connectivity index (χ0v) is 17.0. The Morgan fingerprint density at radius 2 is 2.03 bits per heavy atom. The Balaban J connectivity index is 2.13. The first-order chi connectivity index (χ1) is 13.5. The number of amides is 4. The van der Waals surface area contributed by atoms with Crippen LogP contribution in [0.3, 0.4) is 0 Å². The lowest BCUT2D eigenvalue weighted by molar-refractivity contribution is -0.119. The predicted molar refractivity (Wildman–Crippen MR) is 98.8 cm³/mol. The molecule has 3 rings (SSSR count). The van der Waals surface area contributed by atoms with Gasteiger partial charge in [0.15, 0.2) is 0 Å². The number of hydrogen-bond acceptors (Lipinski definition) is 6. The van der Waals surface area contributed by atoms with Crippen molar-refractivity contribution in [3.63, 3.8) is 0 Å². The van der Waals surface area contributed by atoms with Gasteiger partial charge in [-0.15, -0.1) is 11.6 Å². The van der Waals surface area contributed by atoms with E-state index in [1.807, 2.05) is 0 Å². The third kappa shape index (κ3) is 3.49. The Bertz CT molecular complexity index is 984. The number of methoxy groups -OCH3 is 1. The molecule has 2 aliphatic heterocycles. The van der Waals surface area contributed by atoms with Crippen molar-refractivity contribution >= 4 is 62.6 Å². The number of rotatable bonds is 4. The zero-order chi connectivity index (χ0) is 21.7. The zero-order valence-electron chi connectivity index (χ0n) is 14.6. The van der Waals surface area contributed by atoms with Crippen molar-refractivity contribution in [1.82, 2.24) is 4.90 Å². The Kier molecular flexibility index (Phi) is 5.62. The minimum atomic E-state index is -4.48. The van der Waals surface area contributed by atoms with Gasteiger partial charge in [-0.2, -0.15) is 4.31 Å². The number of carbonyl (C=O) groups is 3. The lowest BCUT2D eigenvalue weighted by atomic mass is 10.2. The van der Waals surface area contributed by atoms with E-state index >= 15 is 0 Å². The molecule has 0 unspecified atom stereocenters. The van der Waals surface area contributed by atoms with Gasteiger partial charge in [0.1, 0.15) is 23.2 Å². The molecule has 29 heavy (non-hydrogen) atoms. The molecule has 0 radical (unpaired) electrons. The van der Waals surface area contributed by atoms with Gasteiger partial charge < -0.3 is 9.64 Å². The Hall–Kier alpha value is -2.18. The monoisotopic (exact) mass is 471 g/mol. The second-order valence-electron chi connectivity index (χ2n) is 6.17. The van der Waals surface area contributed by atoms with E-state index in [-0.39, 0.29) is 17.3 Å². The molecule has 0 aliphatic carbocycles. The number of alkyl halides is 2. The molecule has 0 aromatic heterocycles. The number of fused-ring (bicyclic) bond motifs is 1. The third-order valence-corrected chi connectivity index (χ3v) is 6.73. The summed E-state index contributed by atoms with van der Waals surface area (Å²) >= 11 is 11.3. The number of halogens is 4. The number of sulfonamides is 1. The molecule has 2 saturated heterocycles. The van der Waals surface area contributed by atoms with Crippen molar-refractivity contribution in [2.75, 3.05) is 28.1 Å². The van der Waals surface area contributed by atoms with Crippen molar-refractivity contribution in [3.8, 4) is 0 Å². The fourth-order valence-corrected chi connectivity index (χ4v) is 4.60. The maximum absolute atomic E-state index is 14.6. The van der Waals surface area contributed by atoms with Gasteiger partial charge in [0.05, 0.1) is 30.1 Å². The molecule has 2 fully saturated rings. The maximum atomic E-state index is 14.6. The molecule has 0 spiro atoms. The first-order valence-electron chi connectivity index (χ1n) is 7.98. The van der Waals surface area contributed by atoms with Crippen molar-refractivity contribution in [1.29, 1.82) is 0 Å². The molecule has 0 saturated carbocycles. The first kappa shape index (κ1) is 21.5. The van der Waals surface area contributed by atoms with E-state index in [0.717, 1.165) is 18.1 Å². The SMILES string of the molecule is COC(=O)N(c1cc(N2C(=O)[C@H]3C[C@H](F)CN3C2=O)c(F)cc1Cl)S(=O)(=O)CCl. The Morgan fingerprint density at radius 3 is 2.59 bits per heavy atom. The van der Waals surface area contributed by atoms with Crippen LogP contribution in [0.25, 0.3) is 0 Å². The highest BCUT2D eigenvalue weighted by molar-refractivity contribution is 7.94. The minimum absolute atomic E-state index is 0.0923. The highest BCUT2D eigenvalue weighted by Crippen LogP contribution is 2.39. The number of carbonyl (C=O) groups excluding carboxylic acids is 3. The number of anilines is 2. The van der Waals surface area contributed by atoms with Gasteiger partial charge in [-0.25, -0.2) is 31.7 Å². The summed E-state index contributed by atoms with van der Waals surface area (Å²) in [5, 5.41) is -1.56. The smallest absolute Gasteiger partial charge is 0.428 e. The van der Waals surface area contributed by atoms with Crippen LogP contribution >= 0.6 is 23.2 Å². The summed E-state index contributed by atoms with van der Waals surface area (Å²) in [7, 11) is -3.59. The molecule has 14 heteroatoms. The summed E-state index contributed by atoms with van der Waals surface area (Å²) in [6, 6.07) is -0.700. The highest BCUT2D eigenvalue weighted by atomic mass is 35.5. The fraction of sp³-hybridized carbons (Fsp3) is 0.400. The molecule has 2 aliphatic rings. The highest BCUT2D eigenvalue weighted by Gasteiger charge is 2.52. The summed E-state index contributed by atoms with van der Waals surface area (Å²) in [5.41, 5.74) is -1.23. The van der Waals surface area contributed by atoms with Gasteiger partial charge in [0.2, 0.25) is 0 Å². The molecule has 2 heterocycles. The number of urea groups is 1. The van der Waals surface area contributed by atoms with E-state index in [2.05, 4.69) is 4.74 Å². The van der Waals surface area contributed by atoms with Gasteiger partial charge in [-0.3, -0.25) is 4.79 Å². The Morgan fingerprint density at radius 1 is 1.38 bits per heavy atom. The first-order valence-corrected chi connectivity index (χ1v) is 10.5. The average Bonchev–Trinajstić information content (AvgIpc) is 3.15. The van der Waals surface area contributed by atoms with E-state index in [1.54, 1.807) is 0 Å². The van der Waals surface area contributed by atoms with Crippen LogP contribution in [0, 0.1) is 5.82 Å². The van der Waals surface area contributed by atoms with Crippen molar-refractivity contribution in [2.45, 2.75) is 18.6 Å². The largest absolute Gasteiger partial charge is 0.452 e. The van der Waals surface area contributed by atoms with Gasteiger partial charge in [-0.1, -0.05) is 11.6 Å². The quantitative estimate of drug-likeness (QED) is 0.493. The molecule has 1 aromatic carbocycles. The van der Waals surface area contributed by atoms with Gasteiger partial charge in [-0.05, 0) is 12.1 Å². The summed E-state index contributed by atoms with van der Waals surface area (Å²) < 4.78 is 57.1. The van der Waals surface area contributed by atoms with Crippen LogP contribution in [0.2, 0.25) is 5.02 Å². The average molecular weight is 472 g/mol. The van der Waals surface area contributed by atoms with Crippen LogP contribution in [0.15, 0.2) is 12.1 Å². The molecular formula is C15H13Cl2F2N3O6S. The molecule has 4 amide bonds. The van der Waals surface area contributed by atoms with Gasteiger partial charge >= 0.3 is 12.1 Å². The number of hydrogen-bond donors (Lipinski definition) is 0. The summed E-state index contributed by atoms with van der Waals surface area (Å²) in [4.78, 5) is 38.5. The number of nitrogens with zero attached hydrogens (tertiary/aromatic N) is 3. The van der Waals surface area contributed by atoms with E-state index in [4.69, 9.17) is 23.2 Å². The molecule has 0 bridgehead atoms. The summed E-state index contributed by atoms with van der Waals surface area (Å²) in [6.07, 6.45) is -3.02. The molecule has 9 nitrogen and oxygen atoms in total. The van der Waals surface area contributed by atoms with Gasteiger partial charge in [0.25, 0.3) is 15.9 Å². The number of ether oxygens (including phenoxy) is 1. The van der Waals surface area contributed by atoms with E-state index in [1.165, 1.54) is 0 Å². The lowest BCUT2D eigenvalue weighted by Crippen LogP contribution is -2.38. The van der Waals surface area contributed by atoms with Crippen LogP contribution in [-0.2, 0) is 19.6 Å². The Labute approximate surface area is 173 Å². The second kappa shape index (κ2) is 7.58. The second-order valence-corrected chi connectivity index (χ2v) is 8.98. The standard InChI is InChI=1S/C15H13Cl2F2N3O6S/c1-28-15(25)22(29(26,27)6-16)10-4-11(9(19)3-8(10)17)21-13(23)12-2-7(18)5-20(12)14(21)24/h3-4,7,12H,2,5-6H2,1H3/t7-,12+/m0/s1. The van der Waals surface area contributed by atoms with E-state index < -0.39 is 67.7 Å². The summed E-state index contributed by atoms with van der Waals surface area (Å²) in [5.74, 6) is -2.02. The van der Waals surface area contributed by atoms with Crippen LogP contribution < -0.4 is 9.21 Å². The molecular weight excluding hydrogens is 459 g/mol. The van der Waals surface area contributed by atoms with Gasteiger partial charge in [0, 0.05) is 6.42 Å². The van der Waals surface area contributed by atoms with Crippen LogP contribution in [0.5, 0.6) is 0 Å². The normalized spacial score (nSPS) is 21.6. The fourth-order valence-electron chi connectivity index (χ4n) is 3.17. The number of imide groups is 1. The van der Waals surface area contributed by atoms with Crippen LogP contribution in [0.1, 0.15) is 6.42 Å². The lowest BCUT2D eigenvalue weighted by Gasteiger charge is -2.23. The topological polar surface area (TPSA) is 104 Å². The van der Waals surface area contributed by atoms with Crippen molar-refractivity contribution < 1.29 is 36.3 Å². The predicted octanol–water partition coefficient (Wildman–Crippen LogP) is 2.46. The van der Waals surface area contributed by atoms with Crippen molar-refractivity contribution in [3.05, 3.63) is 23.0 Å².